The summed E-state index contributed by atoms with van der Waals surface area (Å²) in [6.07, 6.45) is -2.47. The first-order chi connectivity index (χ1) is 5.90. The van der Waals surface area contributed by atoms with E-state index in [4.69, 9.17) is 10.2 Å². The Morgan fingerprint density at radius 2 is 2.00 bits per heavy atom. The van der Waals surface area contributed by atoms with E-state index in [0.717, 1.165) is 12.7 Å². The molecule has 0 saturated carbocycles. The average Bonchev–Trinajstić information content (AvgIpc) is 2.29. The minimum absolute atomic E-state index is 0. The van der Waals surface area contributed by atoms with Crippen LogP contribution >= 0.6 is 7.60 Å². The Morgan fingerprint density at radius 3 is 2.36 bits per heavy atom. The molecule has 1 rings (SSSR count). The van der Waals surface area contributed by atoms with Gasteiger partial charge in [-0.1, -0.05) is 11.9 Å². The molecule has 1 fully saturated rings. The van der Waals surface area contributed by atoms with E-state index in [9.17, 15) is 14.4 Å². The molecule has 0 aromatic rings. The van der Waals surface area contributed by atoms with Gasteiger partial charge in [0.05, 0.1) is 12.2 Å². The molecular formula is C6H8O6PU-3. The largest absolute Gasteiger partial charge is 0.808 e. The predicted molar refractivity (Wildman–Crippen MR) is 37.9 cm³/mol. The molecule has 0 aliphatic carbocycles. The summed E-state index contributed by atoms with van der Waals surface area (Å²) in [7, 11) is -4.73. The SMILES string of the molecule is O=P([O-])([O-])/C=C\[C@H]1O[CH-]C(O)[C@H]1O.[U]. The van der Waals surface area contributed by atoms with Crippen molar-refractivity contribution in [1.29, 1.82) is 0 Å². The summed E-state index contributed by atoms with van der Waals surface area (Å²) < 4.78 is 14.8. The Hall–Kier alpha value is 0.822. The summed E-state index contributed by atoms with van der Waals surface area (Å²) in [5.74, 6) is 0.409. The molecule has 1 unspecified atom stereocenters. The van der Waals surface area contributed by atoms with Gasteiger partial charge in [0.2, 0.25) is 0 Å². The van der Waals surface area contributed by atoms with Crippen LogP contribution in [-0.2, 0) is 9.30 Å². The summed E-state index contributed by atoms with van der Waals surface area (Å²) in [5.41, 5.74) is 0. The second-order valence-electron chi connectivity index (χ2n) is 2.60. The quantitative estimate of drug-likeness (QED) is 0.365. The Morgan fingerprint density at radius 1 is 1.43 bits per heavy atom. The van der Waals surface area contributed by atoms with Crippen LogP contribution in [0.2, 0.25) is 0 Å². The second-order valence-corrected chi connectivity index (χ2v) is 3.98. The van der Waals surface area contributed by atoms with Crippen LogP contribution < -0.4 is 9.79 Å². The number of aliphatic hydroxyl groups excluding tert-OH is 2. The van der Waals surface area contributed by atoms with Crippen molar-refractivity contribution in [2.24, 2.45) is 0 Å². The molecule has 0 bridgehead atoms. The Balaban J connectivity index is 0.00000169. The van der Waals surface area contributed by atoms with Crippen molar-refractivity contribution in [2.75, 3.05) is 0 Å². The normalized spacial score (nSPS) is 33.3. The van der Waals surface area contributed by atoms with Crippen LogP contribution in [0.1, 0.15) is 0 Å². The van der Waals surface area contributed by atoms with E-state index in [1.807, 2.05) is 0 Å². The molecule has 0 aromatic carbocycles. The van der Waals surface area contributed by atoms with Crippen LogP contribution in [-0.4, -0.2) is 28.5 Å². The molecule has 0 spiro atoms. The van der Waals surface area contributed by atoms with Gasteiger partial charge < -0.3 is 29.3 Å². The zero-order chi connectivity index (χ0) is 10.1. The third-order valence-corrected chi connectivity index (χ3v) is 2.06. The minimum Gasteiger partial charge on any atom is -0.808 e. The molecule has 1 aliphatic heterocycles. The number of rotatable bonds is 2. The van der Waals surface area contributed by atoms with Crippen molar-refractivity contribution >= 4 is 7.60 Å². The molecule has 14 heavy (non-hydrogen) atoms. The van der Waals surface area contributed by atoms with Crippen molar-refractivity contribution in [2.45, 2.75) is 18.3 Å². The first-order valence-corrected chi connectivity index (χ1v) is 5.07. The van der Waals surface area contributed by atoms with Crippen molar-refractivity contribution < 1.29 is 60.4 Å². The number of ether oxygens (including phenoxy) is 1. The number of hydrogen-bond donors (Lipinski definition) is 2. The van der Waals surface area contributed by atoms with E-state index in [-0.39, 0.29) is 31.1 Å². The van der Waals surface area contributed by atoms with E-state index >= 15 is 0 Å². The monoisotopic (exact) mass is 445 g/mol. The first-order valence-electron chi connectivity index (χ1n) is 3.46. The van der Waals surface area contributed by atoms with E-state index in [0.29, 0.717) is 5.82 Å². The molecule has 2 N–H and O–H groups in total. The molecule has 0 radical (unpaired) electrons. The van der Waals surface area contributed by atoms with Crippen LogP contribution in [0.15, 0.2) is 11.9 Å². The maximum atomic E-state index is 10.2. The standard InChI is InChI=1S/C6H10O6P.U/c7-4-3-12-5(6(4)8)1-2-13(9,10)11;/h1-8H,(H2,9,10,11);/q-1;/p-2/b2-1-;/t4?,5-,6-;/m1./s1. The molecule has 80 valence electrons. The van der Waals surface area contributed by atoms with Crippen LogP contribution in [0.5, 0.6) is 0 Å². The molecular weight excluding hydrogens is 437 g/mol. The molecule has 0 amide bonds. The third kappa shape index (κ3) is 4.56. The second kappa shape index (κ2) is 5.78. The summed E-state index contributed by atoms with van der Waals surface area (Å²) >= 11 is 0. The Bertz CT molecular complexity index is 251. The molecule has 0 aromatic heterocycles. The van der Waals surface area contributed by atoms with Crippen molar-refractivity contribution in [3.63, 3.8) is 0 Å². The van der Waals surface area contributed by atoms with Crippen LogP contribution in [0.4, 0.5) is 0 Å². The van der Waals surface area contributed by atoms with E-state index in [1.54, 1.807) is 0 Å². The molecule has 6 nitrogen and oxygen atoms in total. The van der Waals surface area contributed by atoms with Gasteiger partial charge in [0.25, 0.3) is 0 Å². The summed E-state index contributed by atoms with van der Waals surface area (Å²) in [6, 6.07) is 0. The Labute approximate surface area is 105 Å². The number of hydrogen-bond acceptors (Lipinski definition) is 6. The maximum absolute atomic E-state index is 10.2. The third-order valence-electron chi connectivity index (χ3n) is 1.52. The van der Waals surface area contributed by atoms with Gasteiger partial charge in [-0.05, 0) is 13.7 Å². The average molecular weight is 445 g/mol. The molecule has 3 atom stereocenters. The van der Waals surface area contributed by atoms with Crippen LogP contribution in [0.3, 0.4) is 0 Å². The summed E-state index contributed by atoms with van der Waals surface area (Å²) in [4.78, 5) is 20.3. The fraction of sp³-hybridized carbons (Fsp3) is 0.500. The zero-order valence-corrected chi connectivity index (χ0v) is 12.0. The minimum atomic E-state index is -4.73. The van der Waals surface area contributed by atoms with Crippen molar-refractivity contribution in [1.82, 2.24) is 0 Å². The zero-order valence-electron chi connectivity index (χ0n) is 6.94. The molecule has 1 heterocycles. The smallest absolute Gasteiger partial charge is 0.0808 e. The van der Waals surface area contributed by atoms with Gasteiger partial charge in [-0.2, -0.15) is 6.61 Å². The fourth-order valence-electron chi connectivity index (χ4n) is 0.876. The van der Waals surface area contributed by atoms with Gasteiger partial charge in [-0.15, -0.1) is 0 Å². The topological polar surface area (TPSA) is 113 Å². The summed E-state index contributed by atoms with van der Waals surface area (Å²) in [6.45, 7) is 0.972. The first kappa shape index (κ1) is 14.8. The summed E-state index contributed by atoms with van der Waals surface area (Å²) in [5, 5.41) is 18.0. The molecule has 8 heteroatoms. The maximum Gasteiger partial charge on any atom is 0.0808 e. The van der Waals surface area contributed by atoms with Crippen LogP contribution in [0, 0.1) is 37.7 Å². The van der Waals surface area contributed by atoms with E-state index in [2.05, 4.69) is 4.74 Å². The molecule has 1 saturated heterocycles. The molecule has 1 aliphatic rings. The van der Waals surface area contributed by atoms with Gasteiger partial charge in [-0.3, -0.25) is 0 Å². The Kier molecular flexibility index (Phi) is 6.12. The van der Waals surface area contributed by atoms with Gasteiger partial charge in [0.15, 0.2) is 0 Å². The van der Waals surface area contributed by atoms with E-state index < -0.39 is 25.9 Å². The fourth-order valence-corrected chi connectivity index (χ4v) is 1.26. The predicted octanol–water partition coefficient (Wildman–Crippen LogP) is -2.30. The number of aliphatic hydroxyl groups is 2. The van der Waals surface area contributed by atoms with Gasteiger partial charge in [0.1, 0.15) is 0 Å². The van der Waals surface area contributed by atoms with Crippen LogP contribution in [0.25, 0.3) is 0 Å². The van der Waals surface area contributed by atoms with Crippen molar-refractivity contribution in [3.05, 3.63) is 18.5 Å². The van der Waals surface area contributed by atoms with Crippen molar-refractivity contribution in [3.8, 4) is 0 Å². The van der Waals surface area contributed by atoms with E-state index in [1.165, 1.54) is 0 Å². The van der Waals surface area contributed by atoms with Gasteiger partial charge >= 0.3 is 0 Å². The van der Waals surface area contributed by atoms with Gasteiger partial charge in [0, 0.05) is 31.1 Å². The van der Waals surface area contributed by atoms with Gasteiger partial charge in [-0.25, -0.2) is 0 Å².